The van der Waals surface area contributed by atoms with Crippen LogP contribution in [0, 0.1) is 6.92 Å². The van der Waals surface area contributed by atoms with Gasteiger partial charge in [-0.3, -0.25) is 9.48 Å². The Hall–Kier alpha value is -3.34. The lowest BCUT2D eigenvalue weighted by Crippen LogP contribution is -2.41. The molecule has 0 aliphatic carbocycles. The molecule has 5 nitrogen and oxygen atoms in total. The number of aromatic nitrogens is 3. The number of rotatable bonds is 3. The molecule has 0 unspecified atom stereocenters. The lowest BCUT2D eigenvalue weighted by molar-refractivity contribution is 0.0680. The van der Waals surface area contributed by atoms with Crippen molar-refractivity contribution in [1.29, 1.82) is 0 Å². The van der Waals surface area contributed by atoms with Gasteiger partial charge >= 0.3 is 0 Å². The minimum atomic E-state index is -0.144. The number of para-hydroxylation sites is 1. The van der Waals surface area contributed by atoms with Gasteiger partial charge in [-0.15, -0.1) is 0 Å². The van der Waals surface area contributed by atoms with E-state index in [-0.39, 0.29) is 11.9 Å². The number of H-pyrrole nitrogens is 1. The largest absolute Gasteiger partial charge is 0.356 e. The number of benzene rings is 2. The van der Waals surface area contributed by atoms with E-state index in [1.165, 1.54) is 16.5 Å². The number of fused-ring (bicyclic) bond motifs is 3. The Bertz CT molecular complexity index is 1230. The van der Waals surface area contributed by atoms with Gasteiger partial charge in [-0.2, -0.15) is 5.10 Å². The fourth-order valence-corrected chi connectivity index (χ4v) is 4.70. The lowest BCUT2D eigenvalue weighted by atomic mass is 9.91. The average molecular weight is 399 g/mol. The monoisotopic (exact) mass is 398 g/mol. The highest BCUT2D eigenvalue weighted by Crippen LogP contribution is 2.39. The van der Waals surface area contributed by atoms with Crippen LogP contribution in [-0.4, -0.2) is 32.1 Å². The first-order valence-corrected chi connectivity index (χ1v) is 10.6. The van der Waals surface area contributed by atoms with E-state index in [0.717, 1.165) is 35.3 Å². The molecule has 3 heterocycles. The van der Waals surface area contributed by atoms with Gasteiger partial charge in [0.05, 0.1) is 11.7 Å². The fraction of sp³-hybridized carbons (Fsp3) is 0.280. The van der Waals surface area contributed by atoms with E-state index in [1.807, 2.05) is 24.9 Å². The number of carbonyl (C=O) groups is 1. The normalized spacial score (nSPS) is 16.1. The number of nitrogens with zero attached hydrogens (tertiary/aromatic N) is 3. The van der Waals surface area contributed by atoms with Crippen molar-refractivity contribution in [3.63, 3.8) is 0 Å². The molecule has 4 aromatic rings. The maximum atomic E-state index is 13.6. The van der Waals surface area contributed by atoms with Crippen molar-refractivity contribution in [2.45, 2.75) is 32.7 Å². The third kappa shape index (κ3) is 2.93. The standard InChI is InChI=1S/C25H26N4O/c1-4-17-9-11-18(12-10-17)24-23-20(19-7-5-6-8-21(19)26-23)13-14-29(24)25(30)22-15-16(2)27-28(22)3/h5-12,15,24,26H,4,13-14H2,1-3H3/t24-/m0/s1. The van der Waals surface area contributed by atoms with E-state index in [0.29, 0.717) is 12.2 Å². The quantitative estimate of drug-likeness (QED) is 0.550. The number of hydrogen-bond acceptors (Lipinski definition) is 2. The van der Waals surface area contributed by atoms with Crippen LogP contribution >= 0.6 is 0 Å². The molecule has 30 heavy (non-hydrogen) atoms. The predicted octanol–water partition coefficient (Wildman–Crippen LogP) is 4.56. The molecule has 0 saturated carbocycles. The van der Waals surface area contributed by atoms with Gasteiger partial charge in [0.15, 0.2) is 0 Å². The third-order valence-corrected chi connectivity index (χ3v) is 6.22. The Morgan fingerprint density at radius 3 is 2.63 bits per heavy atom. The molecular formula is C25H26N4O. The van der Waals surface area contributed by atoms with Crippen molar-refractivity contribution in [3.8, 4) is 0 Å². The molecule has 0 spiro atoms. The maximum absolute atomic E-state index is 13.6. The summed E-state index contributed by atoms with van der Waals surface area (Å²) in [7, 11) is 1.84. The average Bonchev–Trinajstić information content (AvgIpc) is 3.31. The van der Waals surface area contributed by atoms with Gasteiger partial charge in [0, 0.05) is 30.2 Å². The summed E-state index contributed by atoms with van der Waals surface area (Å²) in [5.74, 6) is 0.0203. The van der Waals surface area contributed by atoms with Crippen molar-refractivity contribution in [1.82, 2.24) is 19.7 Å². The number of amides is 1. The lowest BCUT2D eigenvalue weighted by Gasteiger charge is -2.36. The van der Waals surface area contributed by atoms with Gasteiger partial charge in [0.25, 0.3) is 5.91 Å². The minimum absolute atomic E-state index is 0.0203. The van der Waals surface area contributed by atoms with E-state index in [9.17, 15) is 4.79 Å². The molecule has 1 aliphatic heterocycles. The second-order valence-electron chi connectivity index (χ2n) is 8.10. The number of aryl methyl sites for hydroxylation is 3. The van der Waals surface area contributed by atoms with Gasteiger partial charge in [0.1, 0.15) is 5.69 Å². The second kappa shape index (κ2) is 7.17. The first-order chi connectivity index (χ1) is 14.6. The van der Waals surface area contributed by atoms with E-state index in [1.54, 1.807) is 4.68 Å². The fourth-order valence-electron chi connectivity index (χ4n) is 4.70. The summed E-state index contributed by atoms with van der Waals surface area (Å²) in [6, 6.07) is 18.8. The molecule has 0 bridgehead atoms. The van der Waals surface area contributed by atoms with Gasteiger partial charge < -0.3 is 9.88 Å². The molecule has 1 atom stereocenters. The molecule has 2 aromatic carbocycles. The van der Waals surface area contributed by atoms with Crippen molar-refractivity contribution in [2.75, 3.05) is 6.54 Å². The van der Waals surface area contributed by atoms with Crippen LogP contribution in [0.1, 0.15) is 51.5 Å². The van der Waals surface area contributed by atoms with E-state index >= 15 is 0 Å². The van der Waals surface area contributed by atoms with Gasteiger partial charge in [-0.1, -0.05) is 49.4 Å². The van der Waals surface area contributed by atoms with Gasteiger partial charge in [-0.05, 0) is 48.6 Å². The zero-order valence-corrected chi connectivity index (χ0v) is 17.6. The molecule has 1 aliphatic rings. The highest BCUT2D eigenvalue weighted by atomic mass is 16.2. The first kappa shape index (κ1) is 18.7. The number of aromatic amines is 1. The summed E-state index contributed by atoms with van der Waals surface area (Å²) in [5, 5.41) is 5.64. The molecule has 0 saturated heterocycles. The van der Waals surface area contributed by atoms with Crippen LogP contribution < -0.4 is 0 Å². The maximum Gasteiger partial charge on any atom is 0.272 e. The molecule has 0 radical (unpaired) electrons. The smallest absolute Gasteiger partial charge is 0.272 e. The van der Waals surface area contributed by atoms with Gasteiger partial charge in [-0.25, -0.2) is 0 Å². The summed E-state index contributed by atoms with van der Waals surface area (Å²) < 4.78 is 1.69. The highest BCUT2D eigenvalue weighted by Gasteiger charge is 2.35. The van der Waals surface area contributed by atoms with Gasteiger partial charge in [0.2, 0.25) is 0 Å². The van der Waals surface area contributed by atoms with E-state index in [4.69, 9.17) is 0 Å². The Morgan fingerprint density at radius 1 is 1.17 bits per heavy atom. The van der Waals surface area contributed by atoms with Crippen LogP contribution in [0.25, 0.3) is 10.9 Å². The third-order valence-electron chi connectivity index (χ3n) is 6.22. The summed E-state index contributed by atoms with van der Waals surface area (Å²) in [6.45, 7) is 4.76. The first-order valence-electron chi connectivity index (χ1n) is 10.6. The molecule has 5 rings (SSSR count). The Kier molecular flexibility index (Phi) is 4.46. The van der Waals surface area contributed by atoms with Crippen molar-refractivity contribution in [3.05, 3.63) is 88.4 Å². The molecule has 2 aromatic heterocycles. The molecule has 0 fully saturated rings. The summed E-state index contributed by atoms with van der Waals surface area (Å²) >= 11 is 0. The minimum Gasteiger partial charge on any atom is -0.356 e. The topological polar surface area (TPSA) is 53.9 Å². The Morgan fingerprint density at radius 2 is 1.93 bits per heavy atom. The van der Waals surface area contributed by atoms with Crippen LogP contribution in [0.4, 0.5) is 0 Å². The highest BCUT2D eigenvalue weighted by molar-refractivity contribution is 5.94. The van der Waals surface area contributed by atoms with Crippen LogP contribution in [0.5, 0.6) is 0 Å². The van der Waals surface area contributed by atoms with E-state index < -0.39 is 0 Å². The summed E-state index contributed by atoms with van der Waals surface area (Å²) in [5.41, 5.74) is 7.48. The van der Waals surface area contributed by atoms with Crippen molar-refractivity contribution in [2.24, 2.45) is 7.05 Å². The summed E-state index contributed by atoms with van der Waals surface area (Å²) in [4.78, 5) is 19.2. The van der Waals surface area contributed by atoms with E-state index in [2.05, 4.69) is 65.5 Å². The second-order valence-corrected chi connectivity index (χ2v) is 8.10. The molecule has 5 heteroatoms. The number of carbonyl (C=O) groups excluding carboxylic acids is 1. The molecule has 1 N–H and O–H groups in total. The summed E-state index contributed by atoms with van der Waals surface area (Å²) in [6.07, 6.45) is 1.84. The molecule has 1 amide bonds. The van der Waals surface area contributed by atoms with Crippen molar-refractivity contribution < 1.29 is 4.79 Å². The van der Waals surface area contributed by atoms with Crippen LogP contribution in [-0.2, 0) is 19.9 Å². The van der Waals surface area contributed by atoms with Crippen LogP contribution in [0.2, 0.25) is 0 Å². The molecular weight excluding hydrogens is 372 g/mol. The Labute approximate surface area is 176 Å². The zero-order chi connectivity index (χ0) is 20.8. The van der Waals surface area contributed by atoms with Crippen LogP contribution in [0.3, 0.4) is 0 Å². The molecule has 152 valence electrons. The zero-order valence-electron chi connectivity index (χ0n) is 17.6. The van der Waals surface area contributed by atoms with Crippen molar-refractivity contribution >= 4 is 16.8 Å². The predicted molar refractivity (Wildman–Crippen MR) is 119 cm³/mol. The number of nitrogens with one attached hydrogen (secondary N) is 1. The number of hydrogen-bond donors (Lipinski definition) is 1. The van der Waals surface area contributed by atoms with Crippen LogP contribution in [0.15, 0.2) is 54.6 Å². The SMILES string of the molecule is CCc1ccc([C@H]2c3[nH]c4ccccc4c3CCN2C(=O)c2cc(C)nn2C)cc1. The Balaban J connectivity index is 1.66.